The maximum absolute atomic E-state index is 5.48. The normalized spacial score (nSPS) is 24.2. The average molecular weight is 152 g/mol. The van der Waals surface area contributed by atoms with Crippen molar-refractivity contribution in [2.45, 2.75) is 25.5 Å². The molecule has 0 amide bonds. The van der Waals surface area contributed by atoms with Gasteiger partial charge in [-0.2, -0.15) is 0 Å². The third-order valence-corrected chi connectivity index (χ3v) is 2.00. The number of ether oxygens (including phenoxy) is 1. The molecule has 0 N–H and O–H groups in total. The highest BCUT2D eigenvalue weighted by Gasteiger charge is 2.14. The maximum atomic E-state index is 5.48. The molecule has 0 spiro atoms. The lowest BCUT2D eigenvalue weighted by molar-refractivity contribution is 0.0970. The van der Waals surface area contributed by atoms with Crippen LogP contribution < -0.4 is 0 Å². The molecule has 11 heavy (non-hydrogen) atoms. The zero-order valence-corrected chi connectivity index (χ0v) is 6.44. The Morgan fingerprint density at radius 3 is 3.27 bits per heavy atom. The average Bonchev–Trinajstić information content (AvgIpc) is 2.60. The van der Waals surface area contributed by atoms with Crippen LogP contribution in [0.25, 0.3) is 0 Å². The summed E-state index contributed by atoms with van der Waals surface area (Å²) >= 11 is 0. The number of rotatable bonds is 2. The zero-order valence-electron chi connectivity index (χ0n) is 6.44. The molecule has 1 saturated heterocycles. The Bertz CT molecular complexity index is 202. The summed E-state index contributed by atoms with van der Waals surface area (Å²) in [5.41, 5.74) is 0. The lowest BCUT2D eigenvalue weighted by Gasteiger charge is -2.08. The van der Waals surface area contributed by atoms with Gasteiger partial charge in [0, 0.05) is 25.5 Å². The highest BCUT2D eigenvalue weighted by molar-refractivity contribution is 4.77. The lowest BCUT2D eigenvalue weighted by atomic mass is 10.2. The minimum Gasteiger partial charge on any atom is -0.376 e. The van der Waals surface area contributed by atoms with Crippen LogP contribution in [0.5, 0.6) is 0 Å². The molecule has 1 aliphatic rings. The quantitative estimate of drug-likeness (QED) is 0.633. The first kappa shape index (κ1) is 6.85. The number of hydrogen-bond acceptors (Lipinski definition) is 2. The molecule has 0 saturated carbocycles. The van der Waals surface area contributed by atoms with Gasteiger partial charge in [0.05, 0.1) is 12.4 Å². The molecule has 3 heteroatoms. The van der Waals surface area contributed by atoms with Crippen molar-refractivity contribution in [1.82, 2.24) is 9.55 Å². The number of aromatic nitrogens is 2. The molecular formula is C8H12N2O. The van der Waals surface area contributed by atoms with Crippen LogP contribution in [0.1, 0.15) is 12.8 Å². The summed E-state index contributed by atoms with van der Waals surface area (Å²) in [4.78, 5) is 3.97. The zero-order chi connectivity index (χ0) is 7.52. The highest BCUT2D eigenvalue weighted by Crippen LogP contribution is 2.13. The van der Waals surface area contributed by atoms with Gasteiger partial charge in [0.2, 0.25) is 0 Å². The van der Waals surface area contributed by atoms with Gasteiger partial charge in [0.15, 0.2) is 0 Å². The molecule has 1 aromatic heterocycles. The molecule has 0 radical (unpaired) electrons. The van der Waals surface area contributed by atoms with Crippen LogP contribution in [-0.4, -0.2) is 22.3 Å². The topological polar surface area (TPSA) is 27.1 Å². The molecule has 0 aliphatic carbocycles. The van der Waals surface area contributed by atoms with Gasteiger partial charge in [-0.1, -0.05) is 0 Å². The second kappa shape index (κ2) is 3.05. The smallest absolute Gasteiger partial charge is 0.0946 e. The predicted molar refractivity (Wildman–Crippen MR) is 41.2 cm³/mol. The monoisotopic (exact) mass is 152 g/mol. The van der Waals surface area contributed by atoms with E-state index in [1.165, 1.54) is 12.8 Å². The minimum absolute atomic E-state index is 0.421. The summed E-state index contributed by atoms with van der Waals surface area (Å²) in [5, 5.41) is 0. The van der Waals surface area contributed by atoms with E-state index < -0.39 is 0 Å². The SMILES string of the molecule is c1cn(CC2CCCO2)cn1. The van der Waals surface area contributed by atoms with Gasteiger partial charge >= 0.3 is 0 Å². The first-order valence-corrected chi connectivity index (χ1v) is 4.02. The van der Waals surface area contributed by atoms with Crippen LogP contribution in [0.3, 0.4) is 0 Å². The molecule has 2 rings (SSSR count). The van der Waals surface area contributed by atoms with Crippen LogP contribution in [0.2, 0.25) is 0 Å². The van der Waals surface area contributed by atoms with E-state index in [1.54, 1.807) is 6.20 Å². The first-order valence-electron chi connectivity index (χ1n) is 4.02. The largest absolute Gasteiger partial charge is 0.376 e. The first-order chi connectivity index (χ1) is 5.45. The second-order valence-corrected chi connectivity index (χ2v) is 2.89. The Morgan fingerprint density at radius 2 is 2.64 bits per heavy atom. The summed E-state index contributed by atoms with van der Waals surface area (Å²) in [6.45, 7) is 1.89. The van der Waals surface area contributed by atoms with E-state index in [2.05, 4.69) is 9.55 Å². The fraction of sp³-hybridized carbons (Fsp3) is 0.625. The van der Waals surface area contributed by atoms with Crippen LogP contribution in [0, 0.1) is 0 Å². The van der Waals surface area contributed by atoms with E-state index in [0.717, 1.165) is 13.2 Å². The van der Waals surface area contributed by atoms with Crippen molar-refractivity contribution in [3.63, 3.8) is 0 Å². The molecule has 0 aromatic carbocycles. The third kappa shape index (κ3) is 1.60. The molecule has 60 valence electrons. The van der Waals surface area contributed by atoms with Crippen molar-refractivity contribution in [1.29, 1.82) is 0 Å². The number of hydrogen-bond donors (Lipinski definition) is 0. The van der Waals surface area contributed by atoms with Crippen molar-refractivity contribution < 1.29 is 4.74 Å². The van der Waals surface area contributed by atoms with Crippen molar-refractivity contribution in [3.8, 4) is 0 Å². The Balaban J connectivity index is 1.90. The fourth-order valence-corrected chi connectivity index (χ4v) is 1.42. The van der Waals surface area contributed by atoms with Gasteiger partial charge in [-0.05, 0) is 12.8 Å². The van der Waals surface area contributed by atoms with Crippen LogP contribution >= 0.6 is 0 Å². The van der Waals surface area contributed by atoms with Crippen LogP contribution in [-0.2, 0) is 11.3 Å². The van der Waals surface area contributed by atoms with Crippen molar-refractivity contribution in [2.24, 2.45) is 0 Å². The van der Waals surface area contributed by atoms with E-state index in [-0.39, 0.29) is 0 Å². The summed E-state index contributed by atoms with van der Waals surface area (Å²) < 4.78 is 7.54. The van der Waals surface area contributed by atoms with Gasteiger partial charge in [-0.25, -0.2) is 4.98 Å². The van der Waals surface area contributed by atoms with Crippen molar-refractivity contribution >= 4 is 0 Å². The Hall–Kier alpha value is -0.830. The standard InChI is InChI=1S/C8H12N2O/c1-2-8(11-5-1)6-10-4-3-9-7-10/h3-4,7-8H,1-2,5-6H2. The molecule has 2 heterocycles. The Labute approximate surface area is 66.0 Å². The number of nitrogens with zero attached hydrogens (tertiary/aromatic N) is 2. The van der Waals surface area contributed by atoms with Gasteiger partial charge in [0.1, 0.15) is 0 Å². The van der Waals surface area contributed by atoms with E-state index in [1.807, 2.05) is 12.5 Å². The molecule has 1 unspecified atom stereocenters. The van der Waals surface area contributed by atoms with E-state index >= 15 is 0 Å². The summed E-state index contributed by atoms with van der Waals surface area (Å²) in [7, 11) is 0. The van der Waals surface area contributed by atoms with Crippen LogP contribution in [0.15, 0.2) is 18.7 Å². The van der Waals surface area contributed by atoms with Gasteiger partial charge < -0.3 is 9.30 Å². The fourth-order valence-electron chi connectivity index (χ4n) is 1.42. The molecule has 3 nitrogen and oxygen atoms in total. The maximum Gasteiger partial charge on any atom is 0.0946 e. The summed E-state index contributed by atoms with van der Waals surface area (Å²) in [6, 6.07) is 0. The molecule has 0 bridgehead atoms. The third-order valence-electron chi connectivity index (χ3n) is 2.00. The molecule has 1 aliphatic heterocycles. The van der Waals surface area contributed by atoms with Crippen molar-refractivity contribution in [2.75, 3.05) is 6.61 Å². The molecular weight excluding hydrogens is 140 g/mol. The van der Waals surface area contributed by atoms with Gasteiger partial charge in [-0.3, -0.25) is 0 Å². The van der Waals surface area contributed by atoms with Gasteiger partial charge in [-0.15, -0.1) is 0 Å². The van der Waals surface area contributed by atoms with E-state index in [0.29, 0.717) is 6.10 Å². The predicted octanol–water partition coefficient (Wildman–Crippen LogP) is 1.06. The summed E-state index contributed by atoms with van der Waals surface area (Å²) in [5.74, 6) is 0. The molecule has 1 atom stereocenters. The molecule has 1 aromatic rings. The van der Waals surface area contributed by atoms with Gasteiger partial charge in [0.25, 0.3) is 0 Å². The van der Waals surface area contributed by atoms with Crippen LogP contribution in [0.4, 0.5) is 0 Å². The lowest BCUT2D eigenvalue weighted by Crippen LogP contribution is -2.13. The number of imidazole rings is 1. The molecule has 1 fully saturated rings. The van der Waals surface area contributed by atoms with E-state index in [9.17, 15) is 0 Å². The van der Waals surface area contributed by atoms with E-state index in [4.69, 9.17) is 4.74 Å². The highest BCUT2D eigenvalue weighted by atomic mass is 16.5. The Morgan fingerprint density at radius 1 is 1.64 bits per heavy atom. The summed E-state index contributed by atoms with van der Waals surface area (Å²) in [6.07, 6.45) is 8.43. The Kier molecular flexibility index (Phi) is 1.90. The van der Waals surface area contributed by atoms with Crippen molar-refractivity contribution in [3.05, 3.63) is 18.7 Å². The second-order valence-electron chi connectivity index (χ2n) is 2.89. The minimum atomic E-state index is 0.421.